The van der Waals surface area contributed by atoms with E-state index in [4.69, 9.17) is 0 Å². The minimum absolute atomic E-state index is 0.0443. The van der Waals surface area contributed by atoms with E-state index in [1.165, 1.54) is 0 Å². The average molecular weight is 264 g/mol. The van der Waals surface area contributed by atoms with Gasteiger partial charge < -0.3 is 10.6 Å². The van der Waals surface area contributed by atoms with E-state index >= 15 is 0 Å². The SMILES string of the molecule is CCc1nc(NC)cc(Nc2cc(F)ccc2F)n1. The van der Waals surface area contributed by atoms with Gasteiger partial charge in [-0.1, -0.05) is 6.92 Å². The van der Waals surface area contributed by atoms with Crippen molar-refractivity contribution >= 4 is 17.3 Å². The lowest BCUT2D eigenvalue weighted by atomic mass is 10.3. The maximum Gasteiger partial charge on any atom is 0.146 e. The van der Waals surface area contributed by atoms with Crippen LogP contribution in [0.2, 0.25) is 0 Å². The van der Waals surface area contributed by atoms with E-state index in [1.807, 2.05) is 6.92 Å². The first-order valence-electron chi connectivity index (χ1n) is 5.90. The van der Waals surface area contributed by atoms with Crippen LogP contribution in [0.25, 0.3) is 0 Å². The normalized spacial score (nSPS) is 10.3. The number of anilines is 3. The van der Waals surface area contributed by atoms with Gasteiger partial charge in [0.05, 0.1) is 5.69 Å². The summed E-state index contributed by atoms with van der Waals surface area (Å²) in [4.78, 5) is 8.44. The summed E-state index contributed by atoms with van der Waals surface area (Å²) >= 11 is 0. The van der Waals surface area contributed by atoms with Crippen molar-refractivity contribution in [3.63, 3.8) is 0 Å². The number of aromatic nitrogens is 2. The van der Waals surface area contributed by atoms with Crippen LogP contribution in [-0.2, 0) is 6.42 Å². The Bertz CT molecular complexity index is 565. The summed E-state index contributed by atoms with van der Waals surface area (Å²) in [7, 11) is 1.73. The van der Waals surface area contributed by atoms with Crippen LogP contribution < -0.4 is 10.6 Å². The molecule has 2 N–H and O–H groups in total. The van der Waals surface area contributed by atoms with Gasteiger partial charge in [0.15, 0.2) is 0 Å². The number of rotatable bonds is 4. The van der Waals surface area contributed by atoms with Crippen LogP contribution in [0.1, 0.15) is 12.7 Å². The highest BCUT2D eigenvalue weighted by molar-refractivity contribution is 5.59. The molecule has 6 heteroatoms. The van der Waals surface area contributed by atoms with Gasteiger partial charge in [0, 0.05) is 25.6 Å². The predicted molar refractivity (Wildman–Crippen MR) is 70.6 cm³/mol. The van der Waals surface area contributed by atoms with E-state index in [9.17, 15) is 8.78 Å². The second-order valence-electron chi connectivity index (χ2n) is 3.91. The Hall–Kier alpha value is -2.24. The number of hydrogen-bond acceptors (Lipinski definition) is 4. The average Bonchev–Trinajstić information content (AvgIpc) is 2.42. The molecule has 0 bridgehead atoms. The lowest BCUT2D eigenvalue weighted by Crippen LogP contribution is -2.04. The fraction of sp³-hybridized carbons (Fsp3) is 0.231. The smallest absolute Gasteiger partial charge is 0.146 e. The lowest BCUT2D eigenvalue weighted by molar-refractivity contribution is 0.603. The van der Waals surface area contributed by atoms with Gasteiger partial charge in [0.25, 0.3) is 0 Å². The molecule has 0 radical (unpaired) electrons. The molecule has 0 saturated carbocycles. The van der Waals surface area contributed by atoms with Gasteiger partial charge in [0.2, 0.25) is 0 Å². The standard InChI is InChI=1S/C13H14F2N4/c1-3-11-18-12(16-2)7-13(19-11)17-10-6-8(14)4-5-9(10)15/h4-7H,3H2,1-2H3,(H2,16,17,18,19). The van der Waals surface area contributed by atoms with E-state index < -0.39 is 11.6 Å². The summed E-state index contributed by atoms with van der Waals surface area (Å²) in [6, 6.07) is 4.85. The Labute approximate surface area is 109 Å². The summed E-state index contributed by atoms with van der Waals surface area (Å²) in [5.74, 6) is 0.601. The third-order valence-electron chi connectivity index (χ3n) is 2.54. The molecule has 100 valence electrons. The molecular formula is C13H14F2N4. The first-order valence-corrected chi connectivity index (χ1v) is 5.90. The van der Waals surface area contributed by atoms with Crippen molar-refractivity contribution in [2.75, 3.05) is 17.7 Å². The van der Waals surface area contributed by atoms with E-state index in [1.54, 1.807) is 13.1 Å². The van der Waals surface area contributed by atoms with Crippen LogP contribution in [-0.4, -0.2) is 17.0 Å². The molecule has 19 heavy (non-hydrogen) atoms. The highest BCUT2D eigenvalue weighted by Crippen LogP contribution is 2.21. The Kier molecular flexibility index (Phi) is 3.89. The topological polar surface area (TPSA) is 49.8 Å². The van der Waals surface area contributed by atoms with E-state index in [-0.39, 0.29) is 5.69 Å². The maximum atomic E-state index is 13.5. The first kappa shape index (κ1) is 13.2. The van der Waals surface area contributed by atoms with Gasteiger partial charge >= 0.3 is 0 Å². The van der Waals surface area contributed by atoms with Crippen molar-refractivity contribution in [1.29, 1.82) is 0 Å². The molecule has 4 nitrogen and oxygen atoms in total. The molecule has 0 saturated heterocycles. The summed E-state index contributed by atoms with van der Waals surface area (Å²) in [5.41, 5.74) is 0.0443. The molecule has 0 fully saturated rings. The Morgan fingerprint density at radius 3 is 2.53 bits per heavy atom. The number of hydrogen-bond donors (Lipinski definition) is 2. The van der Waals surface area contributed by atoms with E-state index in [2.05, 4.69) is 20.6 Å². The molecule has 2 rings (SSSR count). The van der Waals surface area contributed by atoms with Crippen LogP contribution in [0.5, 0.6) is 0 Å². The van der Waals surface area contributed by atoms with Crippen molar-refractivity contribution in [2.24, 2.45) is 0 Å². The van der Waals surface area contributed by atoms with Gasteiger partial charge in [-0.15, -0.1) is 0 Å². The van der Waals surface area contributed by atoms with E-state index in [0.29, 0.717) is 23.9 Å². The fourth-order valence-electron chi connectivity index (χ4n) is 1.58. The van der Waals surface area contributed by atoms with Crippen LogP contribution in [0.15, 0.2) is 24.3 Å². The second kappa shape index (κ2) is 5.60. The van der Waals surface area contributed by atoms with Crippen LogP contribution in [0.4, 0.5) is 26.1 Å². The highest BCUT2D eigenvalue weighted by Gasteiger charge is 2.07. The Morgan fingerprint density at radius 1 is 1.11 bits per heavy atom. The molecule has 0 unspecified atom stereocenters. The molecule has 0 aliphatic heterocycles. The zero-order valence-electron chi connectivity index (χ0n) is 10.7. The van der Waals surface area contributed by atoms with Crippen molar-refractivity contribution in [1.82, 2.24) is 9.97 Å². The van der Waals surface area contributed by atoms with Crippen molar-refractivity contribution < 1.29 is 8.78 Å². The molecule has 0 amide bonds. The van der Waals surface area contributed by atoms with Crippen molar-refractivity contribution in [3.8, 4) is 0 Å². The molecule has 1 heterocycles. The third kappa shape index (κ3) is 3.15. The summed E-state index contributed by atoms with van der Waals surface area (Å²) in [6.07, 6.45) is 0.649. The number of halogens is 2. The molecule has 1 aromatic heterocycles. The highest BCUT2D eigenvalue weighted by atomic mass is 19.1. The van der Waals surface area contributed by atoms with Gasteiger partial charge in [-0.2, -0.15) is 0 Å². The van der Waals surface area contributed by atoms with Crippen molar-refractivity contribution in [3.05, 3.63) is 41.7 Å². The molecule has 1 aromatic carbocycles. The van der Waals surface area contributed by atoms with E-state index in [0.717, 1.165) is 18.2 Å². The van der Waals surface area contributed by atoms with Gasteiger partial charge in [-0.25, -0.2) is 18.7 Å². The summed E-state index contributed by atoms with van der Waals surface area (Å²) in [6.45, 7) is 1.92. The first-order chi connectivity index (χ1) is 9.12. The Balaban J connectivity index is 2.34. The maximum absolute atomic E-state index is 13.5. The van der Waals surface area contributed by atoms with Crippen LogP contribution in [0, 0.1) is 11.6 Å². The lowest BCUT2D eigenvalue weighted by Gasteiger charge is -2.10. The largest absolute Gasteiger partial charge is 0.373 e. The number of nitrogens with one attached hydrogen (secondary N) is 2. The molecule has 0 aliphatic carbocycles. The summed E-state index contributed by atoms with van der Waals surface area (Å²) in [5, 5.41) is 5.65. The van der Waals surface area contributed by atoms with Crippen LogP contribution >= 0.6 is 0 Å². The summed E-state index contributed by atoms with van der Waals surface area (Å²) < 4.78 is 26.6. The number of nitrogens with zero attached hydrogens (tertiary/aromatic N) is 2. The fourth-order valence-corrected chi connectivity index (χ4v) is 1.58. The zero-order chi connectivity index (χ0) is 13.8. The zero-order valence-corrected chi connectivity index (χ0v) is 10.7. The molecule has 0 atom stereocenters. The monoisotopic (exact) mass is 264 g/mol. The third-order valence-corrected chi connectivity index (χ3v) is 2.54. The number of aryl methyl sites for hydroxylation is 1. The quantitative estimate of drug-likeness (QED) is 0.891. The second-order valence-corrected chi connectivity index (χ2v) is 3.91. The molecule has 0 aliphatic rings. The Morgan fingerprint density at radius 2 is 1.84 bits per heavy atom. The molecule has 2 aromatic rings. The predicted octanol–water partition coefficient (Wildman–Crippen LogP) is 3.10. The van der Waals surface area contributed by atoms with Gasteiger partial charge in [-0.05, 0) is 12.1 Å². The van der Waals surface area contributed by atoms with Crippen LogP contribution in [0.3, 0.4) is 0 Å². The number of benzene rings is 1. The van der Waals surface area contributed by atoms with Crippen molar-refractivity contribution in [2.45, 2.75) is 13.3 Å². The molecule has 0 spiro atoms. The van der Waals surface area contributed by atoms with Gasteiger partial charge in [-0.3, -0.25) is 0 Å². The minimum atomic E-state index is -0.538. The minimum Gasteiger partial charge on any atom is -0.373 e. The van der Waals surface area contributed by atoms with Gasteiger partial charge in [0.1, 0.15) is 29.1 Å². The molecular weight excluding hydrogens is 250 g/mol.